The normalized spacial score (nSPS) is 12.3. The number of carbonyl (C=O) groups excluding carboxylic acids is 1. The largest absolute Gasteiger partial charge is 0.478 e. The number of hydrogen-bond donors (Lipinski definition) is 3. The van der Waals surface area contributed by atoms with E-state index in [1.807, 2.05) is 13.8 Å². The molecule has 0 spiro atoms. The molecule has 4 N–H and O–H groups in total. The van der Waals surface area contributed by atoms with Gasteiger partial charge in [0.05, 0.1) is 11.5 Å². The fourth-order valence-electron chi connectivity index (χ4n) is 1.91. The van der Waals surface area contributed by atoms with E-state index in [2.05, 4.69) is 5.32 Å². The van der Waals surface area contributed by atoms with E-state index in [4.69, 9.17) is 10.8 Å². The van der Waals surface area contributed by atoms with E-state index in [9.17, 15) is 9.59 Å². The highest BCUT2D eigenvalue weighted by Crippen LogP contribution is 2.21. The van der Waals surface area contributed by atoms with Crippen LogP contribution >= 0.6 is 0 Å². The zero-order chi connectivity index (χ0) is 14.6. The van der Waals surface area contributed by atoms with Gasteiger partial charge in [-0.1, -0.05) is 19.9 Å². The van der Waals surface area contributed by atoms with Gasteiger partial charge < -0.3 is 16.2 Å². The molecule has 5 heteroatoms. The van der Waals surface area contributed by atoms with Crippen LogP contribution in [0.5, 0.6) is 0 Å². The first-order valence-corrected chi connectivity index (χ1v) is 6.22. The van der Waals surface area contributed by atoms with E-state index in [1.54, 1.807) is 19.1 Å². The van der Waals surface area contributed by atoms with Gasteiger partial charge in [0, 0.05) is 12.2 Å². The van der Waals surface area contributed by atoms with Gasteiger partial charge in [-0.05, 0) is 30.5 Å². The minimum Gasteiger partial charge on any atom is -0.478 e. The Morgan fingerprint density at radius 1 is 1.37 bits per heavy atom. The van der Waals surface area contributed by atoms with Crippen molar-refractivity contribution >= 4 is 17.6 Å². The molecule has 1 rings (SSSR count). The molecule has 1 atom stereocenters. The van der Waals surface area contributed by atoms with Crippen LogP contribution in [0.2, 0.25) is 0 Å². The van der Waals surface area contributed by atoms with Crippen molar-refractivity contribution in [2.75, 3.05) is 11.9 Å². The van der Waals surface area contributed by atoms with Crippen LogP contribution in [-0.4, -0.2) is 23.5 Å². The second-order valence-electron chi connectivity index (χ2n) is 4.86. The van der Waals surface area contributed by atoms with Crippen molar-refractivity contribution in [3.63, 3.8) is 0 Å². The second-order valence-corrected chi connectivity index (χ2v) is 4.86. The molecule has 19 heavy (non-hydrogen) atoms. The molecular formula is C14H20N2O3. The molecule has 0 saturated heterocycles. The number of rotatable bonds is 5. The highest BCUT2D eigenvalue weighted by Gasteiger charge is 2.21. The lowest BCUT2D eigenvalue weighted by atomic mass is 9.95. The Kier molecular flexibility index (Phi) is 5.06. The number of nitrogens with two attached hydrogens (primary N) is 1. The maximum absolute atomic E-state index is 12.1. The number of amides is 1. The van der Waals surface area contributed by atoms with E-state index < -0.39 is 5.97 Å². The molecule has 0 aromatic heterocycles. The highest BCUT2D eigenvalue weighted by atomic mass is 16.4. The van der Waals surface area contributed by atoms with Crippen LogP contribution in [0.4, 0.5) is 5.69 Å². The Balaban J connectivity index is 2.97. The van der Waals surface area contributed by atoms with Crippen LogP contribution in [0.15, 0.2) is 18.2 Å². The predicted molar refractivity (Wildman–Crippen MR) is 74.2 cm³/mol. The average molecular weight is 264 g/mol. The smallest absolute Gasteiger partial charge is 0.336 e. The van der Waals surface area contributed by atoms with E-state index in [0.717, 1.165) is 0 Å². The molecule has 1 aromatic carbocycles. The lowest BCUT2D eigenvalue weighted by Crippen LogP contribution is -2.33. The molecular weight excluding hydrogens is 244 g/mol. The third kappa shape index (κ3) is 3.54. The zero-order valence-corrected chi connectivity index (χ0v) is 11.4. The molecule has 104 valence electrons. The third-order valence-electron chi connectivity index (χ3n) is 3.22. The Labute approximate surface area is 112 Å². The predicted octanol–water partition coefficient (Wildman–Crippen LogP) is 1.86. The van der Waals surface area contributed by atoms with Gasteiger partial charge in [-0.15, -0.1) is 0 Å². The van der Waals surface area contributed by atoms with Crippen LogP contribution in [0, 0.1) is 18.8 Å². The van der Waals surface area contributed by atoms with Crippen LogP contribution in [-0.2, 0) is 4.79 Å². The van der Waals surface area contributed by atoms with Gasteiger partial charge in [-0.25, -0.2) is 4.79 Å². The van der Waals surface area contributed by atoms with Gasteiger partial charge in [-0.3, -0.25) is 4.79 Å². The summed E-state index contributed by atoms with van der Waals surface area (Å²) >= 11 is 0. The molecule has 5 nitrogen and oxygen atoms in total. The first-order valence-electron chi connectivity index (χ1n) is 6.22. The summed E-state index contributed by atoms with van der Waals surface area (Å²) in [7, 11) is 0. The van der Waals surface area contributed by atoms with Crippen LogP contribution < -0.4 is 11.1 Å². The highest BCUT2D eigenvalue weighted by molar-refractivity contribution is 5.97. The minimum absolute atomic E-state index is 0.132. The van der Waals surface area contributed by atoms with Crippen molar-refractivity contribution in [1.29, 1.82) is 0 Å². The molecule has 1 aromatic rings. The second kappa shape index (κ2) is 6.33. The molecule has 0 aliphatic carbocycles. The van der Waals surface area contributed by atoms with Gasteiger partial charge >= 0.3 is 5.97 Å². The summed E-state index contributed by atoms with van der Waals surface area (Å²) in [5.74, 6) is -1.34. The molecule has 0 aliphatic rings. The Morgan fingerprint density at radius 3 is 2.47 bits per heavy atom. The molecule has 0 heterocycles. The lowest BCUT2D eigenvalue weighted by Gasteiger charge is -2.19. The van der Waals surface area contributed by atoms with Crippen LogP contribution in [0.3, 0.4) is 0 Å². The molecule has 0 fully saturated rings. The van der Waals surface area contributed by atoms with E-state index in [-0.39, 0.29) is 29.9 Å². The van der Waals surface area contributed by atoms with Gasteiger partial charge in [-0.2, -0.15) is 0 Å². The van der Waals surface area contributed by atoms with E-state index in [0.29, 0.717) is 11.3 Å². The summed E-state index contributed by atoms with van der Waals surface area (Å²) in [6.45, 7) is 5.79. The first kappa shape index (κ1) is 15.2. The van der Waals surface area contributed by atoms with E-state index in [1.165, 1.54) is 6.07 Å². The summed E-state index contributed by atoms with van der Waals surface area (Å²) in [6, 6.07) is 4.81. The fraction of sp³-hybridized carbons (Fsp3) is 0.429. The maximum atomic E-state index is 12.1. The van der Waals surface area contributed by atoms with E-state index >= 15 is 0 Å². The summed E-state index contributed by atoms with van der Waals surface area (Å²) < 4.78 is 0. The van der Waals surface area contributed by atoms with Gasteiger partial charge in [0.25, 0.3) is 0 Å². The number of hydrogen-bond acceptors (Lipinski definition) is 3. The molecule has 0 saturated carbocycles. The van der Waals surface area contributed by atoms with Crippen LogP contribution in [0.1, 0.15) is 29.8 Å². The van der Waals surface area contributed by atoms with Crippen molar-refractivity contribution in [3.8, 4) is 0 Å². The first-order chi connectivity index (χ1) is 8.88. The fourth-order valence-corrected chi connectivity index (χ4v) is 1.91. The lowest BCUT2D eigenvalue weighted by molar-refractivity contribution is -0.120. The third-order valence-corrected chi connectivity index (χ3v) is 3.22. The van der Waals surface area contributed by atoms with Crippen LogP contribution in [0.25, 0.3) is 0 Å². The number of aromatic carboxylic acids is 1. The topological polar surface area (TPSA) is 92.4 Å². The van der Waals surface area contributed by atoms with Crippen molar-refractivity contribution in [2.24, 2.45) is 17.6 Å². The molecule has 1 unspecified atom stereocenters. The standard InChI is InChI=1S/C14H20N2O3/c1-8(2)11(7-15)13(17)16-12-6-4-5-10(9(12)3)14(18)19/h4-6,8,11H,7,15H2,1-3H3,(H,16,17)(H,18,19). The minimum atomic E-state index is -1.01. The Hall–Kier alpha value is -1.88. The molecule has 0 aliphatic heterocycles. The number of benzene rings is 1. The molecule has 1 amide bonds. The van der Waals surface area contributed by atoms with Gasteiger partial charge in [0.15, 0.2) is 0 Å². The summed E-state index contributed by atoms with van der Waals surface area (Å²) in [6.07, 6.45) is 0. The average Bonchev–Trinajstić information content (AvgIpc) is 2.31. The summed E-state index contributed by atoms with van der Waals surface area (Å²) in [5, 5.41) is 11.8. The van der Waals surface area contributed by atoms with Gasteiger partial charge in [0.1, 0.15) is 0 Å². The van der Waals surface area contributed by atoms with Crippen molar-refractivity contribution in [3.05, 3.63) is 29.3 Å². The number of nitrogens with one attached hydrogen (secondary N) is 1. The number of carboxylic acid groups (broad SMARTS) is 1. The quantitative estimate of drug-likeness (QED) is 0.756. The van der Waals surface area contributed by atoms with Crippen molar-refractivity contribution in [2.45, 2.75) is 20.8 Å². The molecule has 0 radical (unpaired) electrons. The monoisotopic (exact) mass is 264 g/mol. The van der Waals surface area contributed by atoms with Gasteiger partial charge in [0.2, 0.25) is 5.91 Å². The number of carbonyl (C=O) groups is 2. The summed E-state index contributed by atoms with van der Waals surface area (Å²) in [5.41, 5.74) is 6.84. The number of carboxylic acids is 1. The number of anilines is 1. The summed E-state index contributed by atoms with van der Waals surface area (Å²) in [4.78, 5) is 23.1. The molecule has 0 bridgehead atoms. The zero-order valence-electron chi connectivity index (χ0n) is 11.4. The Morgan fingerprint density at radius 2 is 2.00 bits per heavy atom. The SMILES string of the molecule is Cc1c(NC(=O)C(CN)C(C)C)cccc1C(=O)O. The Bertz CT molecular complexity index is 484. The maximum Gasteiger partial charge on any atom is 0.336 e. The van der Waals surface area contributed by atoms with Crippen molar-refractivity contribution in [1.82, 2.24) is 0 Å². The van der Waals surface area contributed by atoms with Crippen molar-refractivity contribution < 1.29 is 14.7 Å².